The second kappa shape index (κ2) is 20.5. The summed E-state index contributed by atoms with van der Waals surface area (Å²) >= 11 is 0. The Bertz CT molecular complexity index is 2270. The number of benzene rings is 4. The summed E-state index contributed by atoms with van der Waals surface area (Å²) in [6.07, 6.45) is 4.92. The summed E-state index contributed by atoms with van der Waals surface area (Å²) in [6.45, 7) is 9.11. The minimum atomic E-state index is -1.55. The van der Waals surface area contributed by atoms with E-state index in [2.05, 4.69) is 56.5 Å². The summed E-state index contributed by atoms with van der Waals surface area (Å²) in [5.41, 5.74) is 2.90. The Morgan fingerprint density at radius 3 is 1.95 bits per heavy atom. The van der Waals surface area contributed by atoms with E-state index in [0.29, 0.717) is 52.8 Å². The highest BCUT2D eigenvalue weighted by Gasteiger charge is 2.28. The number of amides is 2. The fourth-order valence-electron chi connectivity index (χ4n) is 6.32. The highest BCUT2D eigenvalue weighted by atomic mass is 16.2. The number of rotatable bonds is 21. The van der Waals surface area contributed by atoms with Crippen molar-refractivity contribution >= 4 is 57.3 Å². The van der Waals surface area contributed by atoms with Crippen molar-refractivity contribution in [2.45, 2.75) is 71.8 Å². The van der Waals surface area contributed by atoms with Crippen molar-refractivity contribution in [2.75, 3.05) is 30.3 Å². The van der Waals surface area contributed by atoms with Crippen LogP contribution in [0.25, 0.3) is 11.0 Å². The number of azo groups is 1. The maximum absolute atomic E-state index is 13.5. The number of hydrogen-bond acceptors (Lipinski definition) is 9. The van der Waals surface area contributed by atoms with Gasteiger partial charge in [-0.25, -0.2) is 4.79 Å². The van der Waals surface area contributed by atoms with E-state index in [1.807, 2.05) is 0 Å². The predicted octanol–water partition coefficient (Wildman–Crippen LogP) is 8.54. The molecule has 0 aliphatic heterocycles. The molecule has 4 aromatic carbocycles. The molecule has 13 nitrogen and oxygen atoms in total. The maximum Gasteiger partial charge on any atom is 0.323 e. The first-order chi connectivity index (χ1) is 27.6. The first-order valence-electron chi connectivity index (χ1n) is 19.5. The zero-order valence-electron chi connectivity index (χ0n) is 32.6. The summed E-state index contributed by atoms with van der Waals surface area (Å²) in [7, 11) is 0. The number of ketones is 3. The second-order valence-corrected chi connectivity index (χ2v) is 13.8. The monoisotopic (exact) mass is 771 g/mol. The van der Waals surface area contributed by atoms with Crippen LogP contribution in [0.3, 0.4) is 0 Å². The van der Waals surface area contributed by atoms with Crippen LogP contribution in [-0.2, 0) is 4.79 Å². The van der Waals surface area contributed by atoms with E-state index in [1.54, 1.807) is 66.7 Å². The van der Waals surface area contributed by atoms with Crippen molar-refractivity contribution in [1.82, 2.24) is 14.9 Å². The van der Waals surface area contributed by atoms with Gasteiger partial charge in [0.25, 0.3) is 11.8 Å². The van der Waals surface area contributed by atoms with Crippen LogP contribution < -0.4 is 16.3 Å². The van der Waals surface area contributed by atoms with Gasteiger partial charge >= 0.3 is 5.69 Å². The van der Waals surface area contributed by atoms with Gasteiger partial charge in [-0.1, -0.05) is 63.9 Å². The molecule has 0 spiro atoms. The molecule has 0 saturated heterocycles. The van der Waals surface area contributed by atoms with Crippen molar-refractivity contribution < 1.29 is 24.0 Å². The molecule has 0 saturated carbocycles. The summed E-state index contributed by atoms with van der Waals surface area (Å²) in [5, 5.41) is 13.8. The molecule has 296 valence electrons. The number of H-pyrrole nitrogens is 2. The van der Waals surface area contributed by atoms with Crippen LogP contribution in [0.4, 0.5) is 17.1 Å². The molecule has 57 heavy (non-hydrogen) atoms. The van der Waals surface area contributed by atoms with Crippen molar-refractivity contribution in [3.05, 3.63) is 124 Å². The smallest absolute Gasteiger partial charge is 0.323 e. The lowest BCUT2D eigenvalue weighted by molar-refractivity contribution is -0.116. The summed E-state index contributed by atoms with van der Waals surface area (Å²) < 4.78 is 0. The number of imidazole rings is 1. The number of Topliss-reactive ketones (excluding diaryl/α,β-unsaturated/α-hetero) is 3. The van der Waals surface area contributed by atoms with Gasteiger partial charge in [-0.2, -0.15) is 10.2 Å². The number of hydrogen-bond donors (Lipinski definition) is 4. The second-order valence-electron chi connectivity index (χ2n) is 13.8. The molecule has 0 aliphatic rings. The quantitative estimate of drug-likeness (QED) is 0.0249. The number of aromatic amines is 2. The Balaban J connectivity index is 1.30. The first kappa shape index (κ1) is 41.8. The largest absolute Gasteiger partial charge is 0.324 e. The van der Waals surface area contributed by atoms with Crippen LogP contribution in [0.1, 0.15) is 107 Å². The Morgan fingerprint density at radius 2 is 1.30 bits per heavy atom. The number of nitrogens with zero attached hydrogens (tertiary/aromatic N) is 3. The van der Waals surface area contributed by atoms with Crippen molar-refractivity contribution in [1.29, 1.82) is 0 Å². The third-order valence-electron chi connectivity index (χ3n) is 9.62. The predicted molar refractivity (Wildman–Crippen MR) is 222 cm³/mol. The zero-order valence-corrected chi connectivity index (χ0v) is 32.6. The zero-order chi connectivity index (χ0) is 40.7. The van der Waals surface area contributed by atoms with E-state index >= 15 is 0 Å². The van der Waals surface area contributed by atoms with Gasteiger partial charge in [0.15, 0.2) is 17.3 Å². The van der Waals surface area contributed by atoms with E-state index < -0.39 is 29.3 Å². The fourth-order valence-corrected chi connectivity index (χ4v) is 6.32. The van der Waals surface area contributed by atoms with Crippen LogP contribution in [-0.4, -0.2) is 69.7 Å². The highest BCUT2D eigenvalue weighted by molar-refractivity contribution is 6.17. The van der Waals surface area contributed by atoms with Crippen LogP contribution in [0, 0.1) is 0 Å². The van der Waals surface area contributed by atoms with Crippen molar-refractivity contribution in [2.24, 2.45) is 10.2 Å². The minimum Gasteiger partial charge on any atom is -0.324 e. The molecular formula is C44H49N7O6. The number of aromatic nitrogens is 2. The molecule has 1 aromatic heterocycles. The van der Waals surface area contributed by atoms with Gasteiger partial charge < -0.3 is 25.5 Å². The van der Waals surface area contributed by atoms with Gasteiger partial charge in [-0.3, -0.25) is 24.0 Å². The third-order valence-corrected chi connectivity index (χ3v) is 9.62. The molecule has 5 aromatic rings. The number of carbonyl (C=O) groups is 5. The topological polar surface area (TPSA) is 186 Å². The average Bonchev–Trinajstić information content (AvgIpc) is 3.60. The molecular weight excluding hydrogens is 723 g/mol. The summed E-state index contributed by atoms with van der Waals surface area (Å²) in [4.78, 5) is 86.1. The van der Waals surface area contributed by atoms with Gasteiger partial charge in [-0.05, 0) is 99.6 Å². The average molecular weight is 772 g/mol. The van der Waals surface area contributed by atoms with Crippen LogP contribution in [0.2, 0.25) is 0 Å². The van der Waals surface area contributed by atoms with Gasteiger partial charge in [0.05, 0.1) is 16.7 Å². The maximum atomic E-state index is 13.5. The van der Waals surface area contributed by atoms with Gasteiger partial charge in [0.1, 0.15) is 0 Å². The molecule has 5 rings (SSSR count). The minimum absolute atomic E-state index is 0.0827. The standard InChI is InChI=1S/C44H49N7O6/c1-4-7-9-16-38(52)31-25-32(39(53)17-12-13-24-51(5-2)6-3)27-35(26-31)46-42(55)30-18-20-33(21-19-30)49-50-40(41(54)29-14-10-8-11-15-29)43(56)45-34-22-23-36-37(28-34)48-44(57)47-36/h8,10-11,14-15,18-23,25-28,40H,4-7,9,12-13,16-17,24H2,1-3H3,(H,45,56)(H,46,55)(H2,47,48,57). The fraction of sp³-hybridized carbons (Fsp3) is 0.318. The molecule has 0 bridgehead atoms. The van der Waals surface area contributed by atoms with Gasteiger partial charge in [0.2, 0.25) is 6.04 Å². The number of anilines is 2. The van der Waals surface area contributed by atoms with Crippen LogP contribution in [0.15, 0.2) is 106 Å². The number of nitrogens with one attached hydrogen (secondary N) is 4. The van der Waals surface area contributed by atoms with Gasteiger partial charge in [-0.15, -0.1) is 0 Å². The van der Waals surface area contributed by atoms with E-state index in [-0.39, 0.29) is 28.4 Å². The summed E-state index contributed by atoms with van der Waals surface area (Å²) in [5.74, 6) is -1.94. The molecule has 0 radical (unpaired) electrons. The van der Waals surface area contributed by atoms with E-state index in [9.17, 15) is 28.8 Å². The molecule has 2 amide bonds. The SMILES string of the molecule is CCCCCC(=O)c1cc(NC(=O)c2ccc(N=NC(C(=O)Nc3ccc4[nH]c(=O)[nH]c4c3)C(=O)c3ccccc3)cc2)cc(C(=O)CCCCN(CC)CC)c1. The number of fused-ring (bicyclic) bond motifs is 1. The van der Waals surface area contributed by atoms with E-state index in [0.717, 1.165) is 45.3 Å². The molecule has 1 atom stereocenters. The third kappa shape index (κ3) is 11.8. The first-order valence-corrected chi connectivity index (χ1v) is 19.5. The Labute approximate surface area is 331 Å². The van der Waals surface area contributed by atoms with Crippen LogP contribution >= 0.6 is 0 Å². The van der Waals surface area contributed by atoms with Crippen LogP contribution in [0.5, 0.6) is 0 Å². The molecule has 0 aliphatic carbocycles. The molecule has 13 heteroatoms. The highest BCUT2D eigenvalue weighted by Crippen LogP contribution is 2.23. The lowest BCUT2D eigenvalue weighted by Crippen LogP contribution is -2.33. The lowest BCUT2D eigenvalue weighted by Gasteiger charge is -2.17. The molecule has 1 heterocycles. The normalized spacial score (nSPS) is 11.9. The van der Waals surface area contributed by atoms with Crippen molar-refractivity contribution in [3.8, 4) is 0 Å². The molecule has 0 fully saturated rings. The number of unbranched alkanes of at least 4 members (excludes halogenated alkanes) is 3. The van der Waals surface area contributed by atoms with E-state index in [4.69, 9.17) is 0 Å². The summed E-state index contributed by atoms with van der Waals surface area (Å²) in [6, 6.07) is 22.4. The van der Waals surface area contributed by atoms with Crippen molar-refractivity contribution in [3.63, 3.8) is 0 Å². The Kier molecular flexibility index (Phi) is 15.1. The Morgan fingerprint density at radius 1 is 0.649 bits per heavy atom. The Hall–Kier alpha value is -6.34. The van der Waals surface area contributed by atoms with Gasteiger partial charge in [0, 0.05) is 46.5 Å². The lowest BCUT2D eigenvalue weighted by atomic mass is 9.98. The molecule has 1 unspecified atom stereocenters. The van der Waals surface area contributed by atoms with E-state index in [1.165, 1.54) is 24.3 Å². The number of carbonyl (C=O) groups excluding carboxylic acids is 5. The molecule has 4 N–H and O–H groups in total.